The monoisotopic (exact) mass is 392 g/mol. The van der Waals surface area contributed by atoms with Crippen LogP contribution in [0.1, 0.15) is 22.8 Å². The molecule has 3 N–H and O–H groups in total. The maximum absolute atomic E-state index is 12.7. The van der Waals surface area contributed by atoms with Crippen LogP contribution in [-0.2, 0) is 16.4 Å². The number of anilines is 2. The summed E-state index contributed by atoms with van der Waals surface area (Å²) in [6.45, 7) is 1.79. The van der Waals surface area contributed by atoms with E-state index in [0.29, 0.717) is 17.7 Å². The largest absolute Gasteiger partial charge is 0.377 e. The molecule has 10 heteroatoms. The number of aryl methyl sites for hydroxylation is 1. The number of rotatable bonds is 6. The lowest BCUT2D eigenvalue weighted by Gasteiger charge is -2.17. The maximum atomic E-state index is 12.7. The lowest BCUT2D eigenvalue weighted by atomic mass is 10.1. The molecule has 0 heterocycles. The predicted molar refractivity (Wildman–Crippen MR) is 103 cm³/mol. The molecule has 2 aromatic rings. The normalized spacial score (nSPS) is 11.1. The van der Waals surface area contributed by atoms with Crippen molar-refractivity contribution in [1.82, 2.24) is 0 Å². The van der Waals surface area contributed by atoms with Crippen molar-refractivity contribution in [2.45, 2.75) is 18.2 Å². The van der Waals surface area contributed by atoms with Gasteiger partial charge in [0, 0.05) is 37.6 Å². The third-order valence-corrected chi connectivity index (χ3v) is 4.92. The number of nitro groups is 1. The van der Waals surface area contributed by atoms with E-state index in [1.807, 2.05) is 0 Å². The average molecular weight is 392 g/mol. The van der Waals surface area contributed by atoms with Gasteiger partial charge in [0.15, 0.2) is 0 Å². The van der Waals surface area contributed by atoms with Crippen LogP contribution >= 0.6 is 0 Å². The van der Waals surface area contributed by atoms with Crippen LogP contribution in [0.15, 0.2) is 41.3 Å². The van der Waals surface area contributed by atoms with E-state index in [-0.39, 0.29) is 21.8 Å². The highest BCUT2D eigenvalue weighted by Gasteiger charge is 2.19. The van der Waals surface area contributed by atoms with Gasteiger partial charge in [-0.15, -0.1) is 0 Å². The lowest BCUT2D eigenvalue weighted by Crippen LogP contribution is -2.19. The van der Waals surface area contributed by atoms with Crippen LogP contribution in [-0.4, -0.2) is 33.3 Å². The number of hydrogen-bond acceptors (Lipinski definition) is 6. The summed E-state index contributed by atoms with van der Waals surface area (Å²) in [5, 5.41) is 18.8. The number of nitro benzene ring substituents is 1. The Labute approximate surface area is 157 Å². The summed E-state index contributed by atoms with van der Waals surface area (Å²) < 4.78 is 23.5. The van der Waals surface area contributed by atoms with E-state index in [1.165, 1.54) is 24.3 Å². The van der Waals surface area contributed by atoms with Gasteiger partial charge in [-0.2, -0.15) is 0 Å². The number of sulfonamides is 1. The summed E-state index contributed by atoms with van der Waals surface area (Å²) in [6, 6.07) is 8.35. The SMILES string of the molecule is CCc1ccc(NC(=O)c2cc([N+](=O)[O-])ccc2N(C)C)cc1S(N)(=O)=O. The molecule has 0 radical (unpaired) electrons. The molecule has 0 atom stereocenters. The Morgan fingerprint density at radius 1 is 1.22 bits per heavy atom. The fourth-order valence-corrected chi connectivity index (χ4v) is 3.47. The number of amides is 1. The van der Waals surface area contributed by atoms with Crippen molar-refractivity contribution in [3.8, 4) is 0 Å². The molecule has 0 aliphatic carbocycles. The Morgan fingerprint density at radius 3 is 2.41 bits per heavy atom. The summed E-state index contributed by atoms with van der Waals surface area (Å²) in [5.74, 6) is -0.605. The molecule has 27 heavy (non-hydrogen) atoms. The number of primary sulfonamides is 1. The van der Waals surface area contributed by atoms with Gasteiger partial charge in [-0.1, -0.05) is 13.0 Å². The van der Waals surface area contributed by atoms with Gasteiger partial charge in [-0.05, 0) is 30.2 Å². The first kappa shape index (κ1) is 20.3. The van der Waals surface area contributed by atoms with Crippen molar-refractivity contribution in [1.29, 1.82) is 0 Å². The number of nitrogens with one attached hydrogen (secondary N) is 1. The molecule has 0 saturated carbocycles. The minimum absolute atomic E-state index is 0.0744. The van der Waals surface area contributed by atoms with Gasteiger partial charge in [0.25, 0.3) is 11.6 Å². The fraction of sp³-hybridized carbons (Fsp3) is 0.235. The van der Waals surface area contributed by atoms with Crippen LogP contribution in [0, 0.1) is 10.1 Å². The highest BCUT2D eigenvalue weighted by Crippen LogP contribution is 2.26. The Hall–Kier alpha value is -2.98. The van der Waals surface area contributed by atoms with Crippen LogP contribution < -0.4 is 15.4 Å². The van der Waals surface area contributed by atoms with E-state index in [1.54, 1.807) is 38.1 Å². The van der Waals surface area contributed by atoms with Gasteiger partial charge in [0.2, 0.25) is 10.0 Å². The highest BCUT2D eigenvalue weighted by atomic mass is 32.2. The first-order valence-corrected chi connectivity index (χ1v) is 9.52. The molecule has 2 aromatic carbocycles. The lowest BCUT2D eigenvalue weighted by molar-refractivity contribution is -0.384. The standard InChI is InChI=1S/C17H20N4O5S/c1-4-11-5-6-12(9-16(11)27(18,25)26)19-17(22)14-10-13(21(23)24)7-8-15(14)20(2)3/h5-10H,4H2,1-3H3,(H,19,22)(H2,18,25,26). The quantitative estimate of drug-likeness (QED) is 0.571. The minimum atomic E-state index is -3.96. The van der Waals surface area contributed by atoms with Gasteiger partial charge in [0.1, 0.15) is 0 Å². The first-order valence-electron chi connectivity index (χ1n) is 7.97. The molecule has 0 fully saturated rings. The number of non-ortho nitro benzene ring substituents is 1. The summed E-state index contributed by atoms with van der Waals surface area (Å²) in [5.41, 5.74) is 1.09. The Kier molecular flexibility index (Phi) is 5.82. The van der Waals surface area contributed by atoms with Gasteiger partial charge < -0.3 is 10.2 Å². The molecule has 9 nitrogen and oxygen atoms in total. The topological polar surface area (TPSA) is 136 Å². The minimum Gasteiger partial charge on any atom is -0.377 e. The van der Waals surface area contributed by atoms with Crippen molar-refractivity contribution in [2.24, 2.45) is 5.14 Å². The van der Waals surface area contributed by atoms with Crippen molar-refractivity contribution in [3.05, 3.63) is 57.6 Å². The van der Waals surface area contributed by atoms with Crippen LogP contribution in [0.5, 0.6) is 0 Å². The van der Waals surface area contributed by atoms with Gasteiger partial charge in [-0.3, -0.25) is 14.9 Å². The summed E-state index contributed by atoms with van der Waals surface area (Å²) in [4.78, 5) is 24.7. The number of hydrogen-bond donors (Lipinski definition) is 2. The zero-order valence-electron chi connectivity index (χ0n) is 15.1. The second-order valence-electron chi connectivity index (χ2n) is 6.03. The molecular formula is C17H20N4O5S. The summed E-state index contributed by atoms with van der Waals surface area (Å²) in [6.07, 6.45) is 0.454. The highest BCUT2D eigenvalue weighted by molar-refractivity contribution is 7.89. The van der Waals surface area contributed by atoms with Crippen LogP contribution in [0.4, 0.5) is 17.1 Å². The second kappa shape index (κ2) is 7.72. The second-order valence-corrected chi connectivity index (χ2v) is 7.56. The number of nitrogens with two attached hydrogens (primary N) is 1. The summed E-state index contributed by atoms with van der Waals surface area (Å²) in [7, 11) is -0.554. The Bertz CT molecular complexity index is 1000. The van der Waals surface area contributed by atoms with E-state index in [9.17, 15) is 23.3 Å². The molecule has 0 bridgehead atoms. The molecule has 144 valence electrons. The van der Waals surface area contributed by atoms with Gasteiger partial charge >= 0.3 is 0 Å². The molecular weight excluding hydrogens is 372 g/mol. The Balaban J connectivity index is 2.46. The predicted octanol–water partition coefficient (Wildman–Crippen LogP) is 2.12. The number of nitrogens with zero attached hydrogens (tertiary/aromatic N) is 2. The van der Waals surface area contributed by atoms with Crippen molar-refractivity contribution in [3.63, 3.8) is 0 Å². The zero-order chi connectivity index (χ0) is 20.4. The van der Waals surface area contributed by atoms with Crippen LogP contribution in [0.3, 0.4) is 0 Å². The average Bonchev–Trinajstić information content (AvgIpc) is 2.60. The molecule has 0 aromatic heterocycles. The van der Waals surface area contributed by atoms with Crippen LogP contribution in [0.25, 0.3) is 0 Å². The molecule has 0 aliphatic heterocycles. The third-order valence-electron chi connectivity index (χ3n) is 3.93. The van der Waals surface area contributed by atoms with Crippen LogP contribution in [0.2, 0.25) is 0 Å². The fourth-order valence-electron chi connectivity index (χ4n) is 2.60. The first-order chi connectivity index (χ1) is 12.5. The van der Waals surface area contributed by atoms with E-state index >= 15 is 0 Å². The van der Waals surface area contributed by atoms with Gasteiger partial charge in [0.05, 0.1) is 15.4 Å². The maximum Gasteiger partial charge on any atom is 0.270 e. The van der Waals surface area contributed by atoms with Crippen molar-refractivity contribution >= 4 is 33.0 Å². The molecule has 0 unspecified atom stereocenters. The number of benzene rings is 2. The zero-order valence-corrected chi connectivity index (χ0v) is 15.9. The van der Waals surface area contributed by atoms with E-state index < -0.39 is 20.9 Å². The third kappa shape index (κ3) is 4.60. The smallest absolute Gasteiger partial charge is 0.270 e. The van der Waals surface area contributed by atoms with E-state index in [4.69, 9.17) is 5.14 Å². The summed E-state index contributed by atoms with van der Waals surface area (Å²) >= 11 is 0. The molecule has 0 spiro atoms. The van der Waals surface area contributed by atoms with E-state index in [2.05, 4.69) is 5.32 Å². The van der Waals surface area contributed by atoms with Crippen molar-refractivity contribution < 1.29 is 18.1 Å². The molecule has 0 aliphatic rings. The van der Waals surface area contributed by atoms with E-state index in [0.717, 1.165) is 0 Å². The molecule has 1 amide bonds. The molecule has 0 saturated heterocycles. The van der Waals surface area contributed by atoms with Crippen molar-refractivity contribution in [2.75, 3.05) is 24.3 Å². The number of carbonyl (C=O) groups is 1. The van der Waals surface area contributed by atoms with Gasteiger partial charge in [-0.25, -0.2) is 13.6 Å². The Morgan fingerprint density at radius 2 is 1.89 bits per heavy atom. The molecule has 2 rings (SSSR count). The number of carbonyl (C=O) groups excluding carboxylic acids is 1.